The zero-order valence-electron chi connectivity index (χ0n) is 17.0. The first-order valence-corrected chi connectivity index (χ1v) is 9.87. The van der Waals surface area contributed by atoms with E-state index in [1.54, 1.807) is 19.4 Å². The number of aryl methyl sites for hydroxylation is 1. The van der Waals surface area contributed by atoms with Crippen LogP contribution in [0.2, 0.25) is 0 Å². The maximum atomic E-state index is 12.5. The number of carbonyl (C=O) groups excluding carboxylic acids is 1. The number of methoxy groups -OCH3 is 1. The molecule has 0 atom stereocenters. The van der Waals surface area contributed by atoms with Crippen molar-refractivity contribution in [3.8, 4) is 11.1 Å². The van der Waals surface area contributed by atoms with E-state index in [-0.39, 0.29) is 12.3 Å². The van der Waals surface area contributed by atoms with Gasteiger partial charge in [-0.1, -0.05) is 30.3 Å². The highest BCUT2D eigenvalue weighted by molar-refractivity contribution is 6.02. The Morgan fingerprint density at radius 1 is 1.10 bits per heavy atom. The van der Waals surface area contributed by atoms with Crippen LogP contribution in [-0.4, -0.2) is 26.2 Å². The molecule has 0 unspecified atom stereocenters. The predicted octanol–water partition coefficient (Wildman–Crippen LogP) is 4.21. The molecule has 30 heavy (non-hydrogen) atoms. The second-order valence-electron chi connectivity index (χ2n) is 7.20. The van der Waals surface area contributed by atoms with Crippen molar-refractivity contribution < 1.29 is 18.4 Å². The monoisotopic (exact) mass is 405 g/mol. The minimum Gasteiger partial charge on any atom is -0.464 e. The molecule has 4 rings (SSSR count). The van der Waals surface area contributed by atoms with E-state index in [2.05, 4.69) is 5.32 Å². The molecule has 0 spiro atoms. The number of hydrogen-bond donors (Lipinski definition) is 1. The normalized spacial score (nSPS) is 11.3. The lowest BCUT2D eigenvalue weighted by Gasteiger charge is -2.09. The van der Waals surface area contributed by atoms with Crippen LogP contribution in [-0.2, 0) is 16.0 Å². The fraction of sp³-hybridized carbons (Fsp3) is 0.250. The summed E-state index contributed by atoms with van der Waals surface area (Å²) in [4.78, 5) is 24.5. The minimum absolute atomic E-state index is 0.123. The van der Waals surface area contributed by atoms with Crippen LogP contribution in [0.5, 0.6) is 0 Å². The lowest BCUT2D eigenvalue weighted by atomic mass is 9.99. The van der Waals surface area contributed by atoms with Crippen LogP contribution in [0.15, 0.2) is 62.4 Å². The molecule has 0 saturated carbocycles. The average Bonchev–Trinajstić information content (AvgIpc) is 3.16. The Balaban J connectivity index is 1.70. The van der Waals surface area contributed by atoms with Gasteiger partial charge in [-0.2, -0.15) is 0 Å². The first-order valence-electron chi connectivity index (χ1n) is 9.87. The molecular formula is C24H23NO5. The highest BCUT2D eigenvalue weighted by Gasteiger charge is 2.16. The molecule has 0 aliphatic rings. The van der Waals surface area contributed by atoms with Crippen LogP contribution < -0.4 is 10.9 Å². The summed E-state index contributed by atoms with van der Waals surface area (Å²) in [6.07, 6.45) is 2.25. The zero-order valence-corrected chi connectivity index (χ0v) is 17.0. The van der Waals surface area contributed by atoms with Crippen molar-refractivity contribution in [1.29, 1.82) is 0 Å². The standard InChI is InChI=1S/C24H23NO5/c1-15-17(8-9-23(26)25-10-11-28-2)24(27)30-22-13-21-19(12-18(15)22)20(14-29-21)16-6-4-3-5-7-16/h3-7,12-14H,8-11H2,1-2H3,(H,25,26). The molecule has 2 heterocycles. The molecule has 1 N–H and O–H groups in total. The summed E-state index contributed by atoms with van der Waals surface area (Å²) in [6, 6.07) is 13.7. The SMILES string of the molecule is COCCNC(=O)CCc1c(C)c2cc3c(-c4ccccc4)coc3cc2oc1=O. The van der Waals surface area contributed by atoms with Crippen LogP contribution in [0.1, 0.15) is 17.5 Å². The zero-order chi connectivity index (χ0) is 21.1. The van der Waals surface area contributed by atoms with Crippen molar-refractivity contribution in [3.63, 3.8) is 0 Å². The quantitative estimate of drug-likeness (QED) is 0.368. The highest BCUT2D eigenvalue weighted by atomic mass is 16.5. The van der Waals surface area contributed by atoms with Gasteiger partial charge in [0.15, 0.2) is 0 Å². The summed E-state index contributed by atoms with van der Waals surface area (Å²) < 4.78 is 16.2. The van der Waals surface area contributed by atoms with Gasteiger partial charge in [0.1, 0.15) is 11.2 Å². The molecule has 6 heteroatoms. The number of fused-ring (bicyclic) bond motifs is 2. The summed E-state index contributed by atoms with van der Waals surface area (Å²) in [7, 11) is 1.58. The van der Waals surface area contributed by atoms with Crippen LogP contribution in [0.25, 0.3) is 33.1 Å². The number of furan rings is 1. The molecule has 154 valence electrons. The molecule has 0 saturated heterocycles. The van der Waals surface area contributed by atoms with Gasteiger partial charge in [0.2, 0.25) is 5.91 Å². The fourth-order valence-electron chi connectivity index (χ4n) is 3.66. The van der Waals surface area contributed by atoms with Gasteiger partial charge >= 0.3 is 5.63 Å². The van der Waals surface area contributed by atoms with Gasteiger partial charge in [0.05, 0.1) is 12.9 Å². The molecule has 1 amide bonds. The number of ether oxygens (including phenoxy) is 1. The topological polar surface area (TPSA) is 81.7 Å². The third-order valence-electron chi connectivity index (χ3n) is 5.30. The number of rotatable bonds is 7. The molecular weight excluding hydrogens is 382 g/mol. The van der Waals surface area contributed by atoms with Crippen LogP contribution in [0, 0.1) is 6.92 Å². The van der Waals surface area contributed by atoms with Gasteiger partial charge in [-0.25, -0.2) is 4.79 Å². The van der Waals surface area contributed by atoms with Crippen molar-refractivity contribution in [1.82, 2.24) is 5.32 Å². The summed E-state index contributed by atoms with van der Waals surface area (Å²) in [5.74, 6) is -0.123. The van der Waals surface area contributed by atoms with Gasteiger partial charge in [-0.15, -0.1) is 0 Å². The summed E-state index contributed by atoms with van der Waals surface area (Å²) in [5, 5.41) is 4.56. The van der Waals surface area contributed by atoms with Crippen molar-refractivity contribution >= 4 is 27.8 Å². The van der Waals surface area contributed by atoms with Gasteiger partial charge in [0, 0.05) is 48.0 Å². The third kappa shape index (κ3) is 3.86. The van der Waals surface area contributed by atoms with Gasteiger partial charge < -0.3 is 18.9 Å². The second-order valence-corrected chi connectivity index (χ2v) is 7.20. The second kappa shape index (κ2) is 8.55. The maximum absolute atomic E-state index is 12.5. The Bertz CT molecular complexity index is 1250. The Hall–Kier alpha value is -3.38. The largest absolute Gasteiger partial charge is 0.464 e. The summed E-state index contributed by atoms with van der Waals surface area (Å²) in [5.41, 5.74) is 4.11. The Kier molecular flexibility index (Phi) is 5.68. The van der Waals surface area contributed by atoms with Crippen molar-refractivity contribution in [2.75, 3.05) is 20.3 Å². The molecule has 6 nitrogen and oxygen atoms in total. The van der Waals surface area contributed by atoms with Crippen LogP contribution >= 0.6 is 0 Å². The molecule has 2 aromatic carbocycles. The van der Waals surface area contributed by atoms with E-state index in [4.69, 9.17) is 13.6 Å². The molecule has 0 bridgehead atoms. The molecule has 4 aromatic rings. The first kappa shape index (κ1) is 19.9. The molecule has 2 aromatic heterocycles. The number of carbonyl (C=O) groups is 1. The maximum Gasteiger partial charge on any atom is 0.339 e. The van der Waals surface area contributed by atoms with Crippen LogP contribution in [0.3, 0.4) is 0 Å². The predicted molar refractivity (Wildman–Crippen MR) is 116 cm³/mol. The first-order chi connectivity index (χ1) is 14.6. The fourth-order valence-corrected chi connectivity index (χ4v) is 3.66. The molecule has 0 aliphatic carbocycles. The van der Waals surface area contributed by atoms with E-state index in [1.807, 2.05) is 43.3 Å². The Labute approximate surface area is 173 Å². The van der Waals surface area contributed by atoms with E-state index in [0.717, 1.165) is 27.5 Å². The average molecular weight is 405 g/mol. The van der Waals surface area contributed by atoms with E-state index < -0.39 is 5.63 Å². The van der Waals surface area contributed by atoms with Gasteiger partial charge in [0.25, 0.3) is 0 Å². The third-order valence-corrected chi connectivity index (χ3v) is 5.30. The molecule has 0 fully saturated rings. The minimum atomic E-state index is -0.418. The van der Waals surface area contributed by atoms with E-state index in [0.29, 0.717) is 36.3 Å². The highest BCUT2D eigenvalue weighted by Crippen LogP contribution is 2.34. The summed E-state index contributed by atoms with van der Waals surface area (Å²) in [6.45, 7) is 2.79. The van der Waals surface area contributed by atoms with E-state index >= 15 is 0 Å². The number of nitrogens with one attached hydrogen (secondary N) is 1. The summed E-state index contributed by atoms with van der Waals surface area (Å²) >= 11 is 0. The van der Waals surface area contributed by atoms with Crippen LogP contribution in [0.4, 0.5) is 0 Å². The lowest BCUT2D eigenvalue weighted by Crippen LogP contribution is -2.27. The van der Waals surface area contributed by atoms with Crippen molar-refractivity contribution in [2.24, 2.45) is 0 Å². The van der Waals surface area contributed by atoms with Gasteiger partial charge in [-0.3, -0.25) is 4.79 Å². The van der Waals surface area contributed by atoms with E-state index in [9.17, 15) is 9.59 Å². The number of hydrogen-bond acceptors (Lipinski definition) is 5. The lowest BCUT2D eigenvalue weighted by molar-refractivity contribution is -0.121. The van der Waals surface area contributed by atoms with E-state index in [1.165, 1.54) is 0 Å². The molecule has 0 aliphatic heterocycles. The van der Waals surface area contributed by atoms with Crippen molar-refractivity contribution in [2.45, 2.75) is 19.8 Å². The Morgan fingerprint density at radius 2 is 1.90 bits per heavy atom. The number of benzene rings is 2. The smallest absolute Gasteiger partial charge is 0.339 e. The van der Waals surface area contributed by atoms with Crippen molar-refractivity contribution in [3.05, 3.63) is 70.3 Å². The van der Waals surface area contributed by atoms with Gasteiger partial charge in [-0.05, 0) is 30.5 Å². The number of amides is 1. The molecule has 0 radical (unpaired) electrons. The Morgan fingerprint density at radius 3 is 2.67 bits per heavy atom.